The summed E-state index contributed by atoms with van der Waals surface area (Å²) >= 11 is 0. The van der Waals surface area contributed by atoms with E-state index >= 15 is 0 Å². The summed E-state index contributed by atoms with van der Waals surface area (Å²) < 4.78 is 49.6. The monoisotopic (exact) mass is 1240 g/mol. The van der Waals surface area contributed by atoms with Crippen LogP contribution in [0.5, 0.6) is 0 Å². The molecule has 0 spiro atoms. The smallest absolute Gasteiger partial charge is 0.247 e. The minimum absolute atomic E-state index is 0. The maximum absolute atomic E-state index is 11.8. The average molecular weight is 1240 g/mol. The Kier molecular flexibility index (Phi) is 142. The lowest BCUT2D eigenvalue weighted by Crippen LogP contribution is -2.17. The molecule has 0 aromatic carbocycles. The van der Waals surface area contributed by atoms with E-state index in [2.05, 4.69) is 253 Å². The van der Waals surface area contributed by atoms with Crippen LogP contribution in [0.25, 0.3) is 0 Å². The van der Waals surface area contributed by atoms with Gasteiger partial charge in [-0.05, 0) is 148 Å². The zero-order chi connectivity index (χ0) is 72.5. The second-order valence-electron chi connectivity index (χ2n) is 29.1. The van der Waals surface area contributed by atoms with Crippen LogP contribution in [-0.4, -0.2) is 12.1 Å². The fraction of sp³-hybridized carbons (Fsp3) is 0.904. The number of halogens is 3. The van der Waals surface area contributed by atoms with E-state index in [4.69, 9.17) is 2.74 Å². The minimum Gasteiger partial charge on any atom is -0.248 e. The Morgan fingerprint density at radius 3 is 0.709 bits per heavy atom. The summed E-state index contributed by atoms with van der Waals surface area (Å²) in [6, 6.07) is 0. The van der Waals surface area contributed by atoms with Crippen molar-refractivity contribution in [2.75, 3.05) is 0 Å². The van der Waals surface area contributed by atoms with Gasteiger partial charge in [0, 0.05) is 8.66 Å². The van der Waals surface area contributed by atoms with Gasteiger partial charge in [-0.1, -0.05) is 360 Å². The third kappa shape index (κ3) is 303. The fourth-order valence-electron chi connectivity index (χ4n) is 3.11. The molecule has 0 N–H and O–H groups in total. The predicted octanol–water partition coefficient (Wildman–Crippen LogP) is 33.3. The molecule has 0 nitrogen and oxygen atoms in total. The van der Waals surface area contributed by atoms with Crippen LogP contribution >= 0.6 is 0 Å². The maximum atomic E-state index is 11.8. The molecule has 1 unspecified atom stereocenters. The van der Waals surface area contributed by atoms with Crippen LogP contribution in [0, 0.1) is 94.7 Å². The molecule has 3 heteroatoms. The summed E-state index contributed by atoms with van der Waals surface area (Å²) in [5.74, 6) is 8.54. The van der Waals surface area contributed by atoms with Crippen LogP contribution < -0.4 is 0 Å². The van der Waals surface area contributed by atoms with E-state index < -0.39 is 24.4 Å². The second-order valence-corrected chi connectivity index (χ2v) is 29.1. The van der Waals surface area contributed by atoms with E-state index in [0.717, 1.165) is 90.8 Å². The topological polar surface area (TPSA) is 0 Å². The lowest BCUT2D eigenvalue weighted by Gasteiger charge is -2.12. The molecule has 0 heterocycles. The van der Waals surface area contributed by atoms with Crippen LogP contribution in [0.3, 0.4) is 0 Å². The van der Waals surface area contributed by atoms with Gasteiger partial charge in [0.2, 0.25) is 5.92 Å². The average Bonchev–Trinajstić information content (AvgIpc) is 4.21. The van der Waals surface area contributed by atoms with E-state index in [1.807, 2.05) is 45.9 Å². The van der Waals surface area contributed by atoms with Gasteiger partial charge in [0.25, 0.3) is 0 Å². The van der Waals surface area contributed by atoms with Crippen molar-refractivity contribution in [2.24, 2.45) is 94.7 Å². The van der Waals surface area contributed by atoms with Crippen molar-refractivity contribution in [3.05, 3.63) is 50.1 Å². The Balaban J connectivity index is -0.0000000451. The predicted molar refractivity (Wildman–Crippen MR) is 416 cm³/mol. The van der Waals surface area contributed by atoms with Crippen molar-refractivity contribution >= 4 is 0 Å². The molecular weight excluding hydrogens is 1050 g/mol. The van der Waals surface area contributed by atoms with Gasteiger partial charge in [-0.25, -0.2) is 13.2 Å². The molecule has 0 saturated heterocycles. The molecule has 0 aromatic heterocycles. The Hall–Kier alpha value is -1.25. The highest BCUT2D eigenvalue weighted by Gasteiger charge is 2.25. The van der Waals surface area contributed by atoms with E-state index in [0.29, 0.717) is 5.92 Å². The first-order valence-corrected chi connectivity index (χ1v) is 35.2. The Morgan fingerprint density at radius 2 is 0.686 bits per heavy atom. The number of rotatable bonds is 19. The lowest BCUT2D eigenvalue weighted by molar-refractivity contribution is -0.0251. The third-order valence-electron chi connectivity index (χ3n) is 11.2. The molecule has 540 valence electrons. The Morgan fingerprint density at radius 1 is 0.453 bits per heavy atom. The molecule has 86 heavy (non-hydrogen) atoms. The Bertz CT molecular complexity index is 1060. The molecule has 0 radical (unpaired) electrons. The fourth-order valence-corrected chi connectivity index (χ4v) is 3.11. The highest BCUT2D eigenvalue weighted by Crippen LogP contribution is 2.35. The van der Waals surface area contributed by atoms with Gasteiger partial charge in [-0.15, -0.1) is 19.7 Å². The SMILES string of the molecule is C.C.C=CC(C)C.C=CCC(C)C.C=CCCC(C)C.CC(C)C.CC(C)C.CC(C)C(C)(F)F.CC(C)C(C)F.CC(C)C1CC1.CC=CCC(C)C.CCC(C)C.CCC(C)C.CCC(C)C.CCCC(C)C.CCCC(C)C.[2H]C([2H])(C)C(C)C. The zero-order valence-electron chi connectivity index (χ0n) is 69.1. The highest BCUT2D eigenvalue weighted by atomic mass is 19.3. The maximum Gasteiger partial charge on any atom is 0.247 e. The molecule has 1 aliphatic carbocycles. The molecular formula is C83H187F3. The molecule has 0 bridgehead atoms. The first-order chi connectivity index (χ1) is 38.7. The van der Waals surface area contributed by atoms with Gasteiger partial charge in [0.15, 0.2) is 0 Å². The van der Waals surface area contributed by atoms with Crippen molar-refractivity contribution in [1.82, 2.24) is 0 Å². The third-order valence-corrected chi connectivity index (χ3v) is 11.2. The highest BCUT2D eigenvalue weighted by molar-refractivity contribution is 4.77. The van der Waals surface area contributed by atoms with E-state index in [1.165, 1.54) is 84.5 Å². The van der Waals surface area contributed by atoms with E-state index in [-0.39, 0.29) is 26.7 Å². The first-order valence-electron chi connectivity index (χ1n) is 36.2. The molecule has 1 rings (SSSR count). The van der Waals surface area contributed by atoms with Crippen molar-refractivity contribution in [2.45, 2.75) is 401 Å². The number of allylic oxidation sites excluding steroid dienone is 5. The molecule has 0 amide bonds. The zero-order valence-corrected chi connectivity index (χ0v) is 67.1. The van der Waals surface area contributed by atoms with Crippen LogP contribution in [0.2, 0.25) is 0 Å². The van der Waals surface area contributed by atoms with E-state index in [1.54, 1.807) is 13.8 Å². The summed E-state index contributed by atoms with van der Waals surface area (Å²) in [4.78, 5) is 0. The summed E-state index contributed by atoms with van der Waals surface area (Å²) in [6.45, 7) is 95.9. The van der Waals surface area contributed by atoms with Gasteiger partial charge in [0.1, 0.15) is 0 Å². The molecule has 1 fully saturated rings. The van der Waals surface area contributed by atoms with Crippen molar-refractivity contribution < 1.29 is 15.9 Å². The molecule has 1 aliphatic rings. The molecule has 0 aliphatic heterocycles. The number of hydrogen-bond donors (Lipinski definition) is 0. The van der Waals surface area contributed by atoms with Crippen molar-refractivity contribution in [1.29, 1.82) is 0 Å². The molecule has 1 saturated carbocycles. The van der Waals surface area contributed by atoms with Crippen LogP contribution in [0.1, 0.15) is 391 Å². The molecule has 0 aromatic rings. The summed E-state index contributed by atoms with van der Waals surface area (Å²) in [6.07, 6.45) is 25.6. The van der Waals surface area contributed by atoms with Crippen LogP contribution in [0.4, 0.5) is 13.2 Å². The van der Waals surface area contributed by atoms with Gasteiger partial charge in [-0.3, -0.25) is 0 Å². The minimum atomic E-state index is -2.50. The van der Waals surface area contributed by atoms with Gasteiger partial charge in [-0.2, -0.15) is 0 Å². The lowest BCUT2D eigenvalue weighted by atomic mass is 10.1. The normalized spacial score (nSPS) is 11.5. The van der Waals surface area contributed by atoms with Crippen molar-refractivity contribution in [3.8, 4) is 0 Å². The molecule has 1 atom stereocenters. The Labute approximate surface area is 558 Å². The summed E-state index contributed by atoms with van der Waals surface area (Å²) in [7, 11) is 0. The summed E-state index contributed by atoms with van der Waals surface area (Å²) in [5.41, 5.74) is 0. The number of hydrogen-bond acceptors (Lipinski definition) is 0. The van der Waals surface area contributed by atoms with Gasteiger partial charge in [0.05, 0.1) is 6.17 Å². The van der Waals surface area contributed by atoms with Crippen LogP contribution in [-0.2, 0) is 0 Å². The largest absolute Gasteiger partial charge is 0.248 e. The number of alkyl halides is 3. The van der Waals surface area contributed by atoms with Crippen LogP contribution in [0.15, 0.2) is 50.1 Å². The van der Waals surface area contributed by atoms with E-state index in [9.17, 15) is 13.2 Å². The summed E-state index contributed by atoms with van der Waals surface area (Å²) in [5, 5.41) is 0. The first kappa shape index (κ1) is 119. The quantitative estimate of drug-likeness (QED) is 0.113. The van der Waals surface area contributed by atoms with Gasteiger partial charge < -0.3 is 0 Å². The standard InChI is InChI=1S/2C7H14.C6H12.2C6H14.C6H12.C5H10F2.C5H11F.4C5H12.C5H10.2C4H10.2CH4/c2*1-4-5-6-7(2)3;1-5(2)6-3-4-6;3*1-4-5-6(2)3;1-4(2)5(3,6)7;1-4(2)5(3)6;5*1-4-5(2)3;2*1-4(2)3;;/h4-5,7H,6H2,1-3H3;4,7H,1,5-6H2,2-3H3;5-6H,3-4H2,1-2H3;2*6H,4-5H2,1-3H3;4,6H,1,5H2,2-3H3;4H,1-3H3;4-5H,1-3H3;4*5H,4H2,1-3H3;4-5H,1H2,2-3H3;2*4H,1-3H3;2*1H4/i;;;;;;;;4D2;;;;;;;;. The van der Waals surface area contributed by atoms with Gasteiger partial charge >= 0.3 is 0 Å². The second kappa shape index (κ2) is 103. The van der Waals surface area contributed by atoms with Crippen molar-refractivity contribution in [3.63, 3.8) is 0 Å².